The first kappa shape index (κ1) is 30.5. The van der Waals surface area contributed by atoms with Crippen molar-refractivity contribution in [2.45, 2.75) is 26.7 Å². The van der Waals surface area contributed by atoms with E-state index in [0.717, 1.165) is 0 Å². The fourth-order valence-corrected chi connectivity index (χ4v) is 8.76. The summed E-state index contributed by atoms with van der Waals surface area (Å²) in [5.41, 5.74) is 5.14. The van der Waals surface area contributed by atoms with Gasteiger partial charge in [-0.2, -0.15) is 16.4 Å². The Kier molecular flexibility index (Phi) is 12.2. The zero-order valence-corrected chi connectivity index (χ0v) is 25.2. The van der Waals surface area contributed by atoms with Gasteiger partial charge in [-0.15, -0.1) is 0 Å². The Labute approximate surface area is 236 Å². The summed E-state index contributed by atoms with van der Waals surface area (Å²) < 4.78 is 19.0. The summed E-state index contributed by atoms with van der Waals surface area (Å²) in [6.07, 6.45) is -1.36. The fourth-order valence-electron chi connectivity index (χ4n) is 5.38. The second-order valence-corrected chi connectivity index (χ2v) is 12.5. The van der Waals surface area contributed by atoms with Crippen LogP contribution in [-0.4, -0.2) is 48.9 Å². The van der Waals surface area contributed by atoms with Crippen molar-refractivity contribution in [3.05, 3.63) is 121 Å². The van der Waals surface area contributed by atoms with E-state index in [4.69, 9.17) is 13.3 Å². The van der Waals surface area contributed by atoms with Crippen LogP contribution in [0.5, 0.6) is 0 Å². The minimum Gasteiger partial charge on any atom is -0.376 e. The van der Waals surface area contributed by atoms with Crippen LogP contribution in [0.15, 0.2) is 121 Å². The molecule has 0 atom stereocenters. The van der Waals surface area contributed by atoms with Gasteiger partial charge in [0.25, 0.3) is 0 Å². The van der Waals surface area contributed by atoms with Crippen molar-refractivity contribution < 1.29 is 18.2 Å². The minimum atomic E-state index is -2.95. The lowest BCUT2D eigenvalue weighted by molar-refractivity contribution is -0.786. The lowest BCUT2D eigenvalue weighted by Gasteiger charge is -2.47. The average molecular weight is 542 g/mol. The van der Waals surface area contributed by atoms with Crippen molar-refractivity contribution in [2.75, 3.05) is 33.9 Å². The SMILES string of the molecule is CCO[Si](C[B-](c1ccccc1)(c1ccccc1)c1ccccc1)(OCC)OCC.C[NH+](C)c1ccccc1. The van der Waals surface area contributed by atoms with Gasteiger partial charge in [0.1, 0.15) is 5.69 Å². The molecule has 4 aromatic carbocycles. The van der Waals surface area contributed by atoms with Crippen molar-refractivity contribution in [3.63, 3.8) is 0 Å². The van der Waals surface area contributed by atoms with Gasteiger partial charge in [-0.1, -0.05) is 115 Å². The maximum absolute atomic E-state index is 6.34. The van der Waals surface area contributed by atoms with Gasteiger partial charge in [0, 0.05) is 19.8 Å². The maximum atomic E-state index is 6.34. The van der Waals surface area contributed by atoms with Gasteiger partial charge >= 0.3 is 8.80 Å². The summed E-state index contributed by atoms with van der Waals surface area (Å²) in [6.45, 7) is 7.75. The molecule has 0 unspecified atom stereocenters. The second kappa shape index (κ2) is 15.6. The summed E-state index contributed by atoms with van der Waals surface area (Å²) in [6, 6.07) is 42.6. The van der Waals surface area contributed by atoms with Crippen LogP contribution in [0.1, 0.15) is 20.8 Å². The molecule has 4 nitrogen and oxygen atoms in total. The van der Waals surface area contributed by atoms with Gasteiger partial charge in [0.05, 0.1) is 20.2 Å². The Bertz CT molecular complexity index is 1080. The predicted octanol–water partition coefficient (Wildman–Crippen LogP) is 4.21. The van der Waals surface area contributed by atoms with E-state index in [1.807, 2.05) is 26.8 Å². The molecule has 0 amide bonds. The quantitative estimate of drug-likeness (QED) is 0.273. The highest BCUT2D eigenvalue weighted by molar-refractivity contribution is 7.15. The van der Waals surface area contributed by atoms with Gasteiger partial charge in [-0.05, 0) is 32.9 Å². The molecule has 0 saturated carbocycles. The Morgan fingerprint density at radius 3 is 1.08 bits per heavy atom. The Morgan fingerprint density at radius 1 is 0.513 bits per heavy atom. The average Bonchev–Trinajstić information content (AvgIpc) is 2.98. The van der Waals surface area contributed by atoms with Gasteiger partial charge in [0.15, 0.2) is 0 Å². The Hall–Kier alpha value is -3.00. The molecule has 6 heteroatoms. The number of quaternary nitrogens is 1. The molecular formula is C33H44BNO3Si. The molecule has 0 heterocycles. The molecule has 0 spiro atoms. The maximum Gasteiger partial charge on any atom is 0.465 e. The molecule has 0 aromatic heterocycles. The molecule has 1 N–H and O–H groups in total. The zero-order valence-electron chi connectivity index (χ0n) is 24.2. The third-order valence-corrected chi connectivity index (χ3v) is 10.4. The van der Waals surface area contributed by atoms with Crippen LogP contribution in [0.3, 0.4) is 0 Å². The Balaban J connectivity index is 0.000000395. The van der Waals surface area contributed by atoms with Crippen LogP contribution in [-0.2, 0) is 13.3 Å². The number of benzene rings is 4. The van der Waals surface area contributed by atoms with E-state index >= 15 is 0 Å². The third-order valence-electron chi connectivity index (χ3n) is 7.11. The predicted molar refractivity (Wildman–Crippen MR) is 168 cm³/mol. The van der Waals surface area contributed by atoms with Crippen LogP contribution >= 0.6 is 0 Å². The molecule has 206 valence electrons. The molecular weight excluding hydrogens is 497 g/mol. The van der Waals surface area contributed by atoms with E-state index in [0.29, 0.717) is 25.8 Å². The first-order valence-electron chi connectivity index (χ1n) is 14.1. The van der Waals surface area contributed by atoms with E-state index in [1.165, 1.54) is 27.0 Å². The fraction of sp³-hybridized carbons (Fsp3) is 0.273. The first-order valence-corrected chi connectivity index (χ1v) is 16.1. The van der Waals surface area contributed by atoms with Gasteiger partial charge in [-0.25, -0.2) is 0 Å². The molecule has 0 aliphatic rings. The summed E-state index contributed by atoms with van der Waals surface area (Å²) >= 11 is 0. The van der Waals surface area contributed by atoms with Gasteiger partial charge < -0.3 is 18.2 Å². The molecule has 0 bridgehead atoms. The summed E-state index contributed by atoms with van der Waals surface area (Å²) in [5.74, 6) is 0.695. The first-order chi connectivity index (χ1) is 19.0. The van der Waals surface area contributed by atoms with Gasteiger partial charge in [-0.3, -0.25) is 0 Å². The van der Waals surface area contributed by atoms with Crippen LogP contribution in [0.4, 0.5) is 5.69 Å². The van der Waals surface area contributed by atoms with Crippen LogP contribution in [0.2, 0.25) is 5.94 Å². The van der Waals surface area contributed by atoms with Crippen molar-refractivity contribution in [3.8, 4) is 0 Å². The van der Waals surface area contributed by atoms with E-state index in [9.17, 15) is 0 Å². The van der Waals surface area contributed by atoms with Crippen LogP contribution < -0.4 is 21.3 Å². The number of para-hydroxylation sites is 1. The van der Waals surface area contributed by atoms with Crippen molar-refractivity contribution >= 4 is 37.0 Å². The second-order valence-electron chi connectivity index (χ2n) is 9.83. The summed E-state index contributed by atoms with van der Waals surface area (Å²) in [4.78, 5) is 1.37. The highest BCUT2D eigenvalue weighted by Gasteiger charge is 2.46. The highest BCUT2D eigenvalue weighted by atomic mass is 28.4. The standard InChI is InChI=1S/C25H32BO3Si.C8H11N/c1-4-27-30(28-5-2,29-6-3)22-26(23-16-10-7-11-17-23,24-18-12-8-13-19-24)25-20-14-9-15-21-25;1-9(2)8-6-4-3-5-7-8/h7-21H,4-6,22H2,1-3H3;3-7H,1-2H3/q-1;/p+1. The van der Waals surface area contributed by atoms with Crippen molar-refractivity contribution in [1.29, 1.82) is 0 Å². The number of hydrogen-bond acceptors (Lipinski definition) is 3. The molecule has 0 saturated heterocycles. The molecule has 0 aliphatic heterocycles. The molecule has 4 aromatic rings. The minimum absolute atomic E-state index is 0.566. The van der Waals surface area contributed by atoms with Crippen molar-refractivity contribution in [2.24, 2.45) is 0 Å². The number of rotatable bonds is 12. The van der Waals surface area contributed by atoms with Crippen LogP contribution in [0.25, 0.3) is 0 Å². The topological polar surface area (TPSA) is 32.1 Å². The van der Waals surface area contributed by atoms with E-state index in [1.54, 1.807) is 0 Å². The third kappa shape index (κ3) is 8.01. The zero-order chi connectivity index (χ0) is 28.0. The van der Waals surface area contributed by atoms with E-state index in [2.05, 4.69) is 129 Å². The molecule has 0 fully saturated rings. The largest absolute Gasteiger partial charge is 0.465 e. The van der Waals surface area contributed by atoms with E-state index < -0.39 is 15.0 Å². The lowest BCUT2D eigenvalue weighted by atomic mass is 9.17. The highest BCUT2D eigenvalue weighted by Crippen LogP contribution is 2.25. The smallest absolute Gasteiger partial charge is 0.376 e. The molecule has 0 aliphatic carbocycles. The monoisotopic (exact) mass is 541 g/mol. The number of nitrogens with one attached hydrogen (secondary N) is 1. The van der Waals surface area contributed by atoms with Gasteiger partial charge in [0.2, 0.25) is 0 Å². The Morgan fingerprint density at radius 2 is 0.821 bits per heavy atom. The molecule has 0 radical (unpaired) electrons. The normalized spacial score (nSPS) is 11.6. The summed E-state index contributed by atoms with van der Waals surface area (Å²) in [5, 5.41) is 0. The summed E-state index contributed by atoms with van der Waals surface area (Å²) in [7, 11) is 1.29. The lowest BCUT2D eigenvalue weighted by Crippen LogP contribution is -3.00. The van der Waals surface area contributed by atoms with Crippen molar-refractivity contribution in [1.82, 2.24) is 0 Å². The van der Waals surface area contributed by atoms with Crippen LogP contribution in [0, 0.1) is 0 Å². The molecule has 4 rings (SSSR count). The molecule has 39 heavy (non-hydrogen) atoms. The van der Waals surface area contributed by atoms with E-state index in [-0.39, 0.29) is 0 Å². The number of hydrogen-bond donors (Lipinski definition) is 1.